The number of hydrogen-bond donors (Lipinski definition) is 1. The van der Waals surface area contributed by atoms with Gasteiger partial charge in [-0.2, -0.15) is 0 Å². The molecule has 0 spiro atoms. The third-order valence-electron chi connectivity index (χ3n) is 2.81. The summed E-state index contributed by atoms with van der Waals surface area (Å²) in [6.45, 7) is 3.82. The Kier molecular flexibility index (Phi) is 5.70. The summed E-state index contributed by atoms with van der Waals surface area (Å²) in [6.07, 6.45) is 0.699. The van der Waals surface area contributed by atoms with E-state index < -0.39 is 12.0 Å². The van der Waals surface area contributed by atoms with Crippen molar-refractivity contribution in [2.45, 2.75) is 32.8 Å². The molecular weight excluding hydrogens is 216 g/mol. The van der Waals surface area contributed by atoms with Crippen LogP contribution in [0, 0.1) is 5.92 Å². The van der Waals surface area contributed by atoms with E-state index in [2.05, 4.69) is 0 Å². The van der Waals surface area contributed by atoms with E-state index in [1.165, 1.54) is 5.56 Å². The van der Waals surface area contributed by atoms with Crippen LogP contribution < -0.4 is 0 Å². The molecule has 1 aromatic carbocycles. The Morgan fingerprint density at radius 3 is 2.59 bits per heavy atom. The van der Waals surface area contributed by atoms with Crippen LogP contribution in [-0.4, -0.2) is 23.8 Å². The second-order valence-electron chi connectivity index (χ2n) is 4.13. The van der Waals surface area contributed by atoms with Crippen molar-refractivity contribution in [1.82, 2.24) is 0 Å². The second-order valence-corrected chi connectivity index (χ2v) is 4.13. The van der Waals surface area contributed by atoms with E-state index in [0.717, 1.165) is 6.42 Å². The normalized spacial score (nSPS) is 14.1. The average Bonchev–Trinajstić information content (AvgIpc) is 2.36. The molecule has 0 unspecified atom stereocenters. The van der Waals surface area contributed by atoms with Gasteiger partial charge >= 0.3 is 5.97 Å². The SMILES string of the molecule is CCOC(=O)[C@@H](C)[C@H](O)CCc1ccccc1. The number of carbonyl (C=O) groups excluding carboxylic acids is 1. The van der Waals surface area contributed by atoms with Crippen molar-refractivity contribution in [2.75, 3.05) is 6.61 Å². The maximum absolute atomic E-state index is 11.4. The lowest BCUT2D eigenvalue weighted by atomic mass is 9.98. The summed E-state index contributed by atoms with van der Waals surface area (Å²) in [4.78, 5) is 11.4. The van der Waals surface area contributed by atoms with Gasteiger partial charge in [-0.3, -0.25) is 4.79 Å². The zero-order valence-corrected chi connectivity index (χ0v) is 10.4. The standard InChI is InChI=1S/C14H20O3/c1-3-17-14(16)11(2)13(15)10-9-12-7-5-4-6-8-12/h4-8,11,13,15H,3,9-10H2,1-2H3/t11-,13+/m0/s1. The van der Waals surface area contributed by atoms with Crippen molar-refractivity contribution in [3.05, 3.63) is 35.9 Å². The molecule has 94 valence electrons. The summed E-state index contributed by atoms with van der Waals surface area (Å²) in [5, 5.41) is 9.88. The van der Waals surface area contributed by atoms with Gasteiger partial charge in [-0.15, -0.1) is 0 Å². The number of benzene rings is 1. The fraction of sp³-hybridized carbons (Fsp3) is 0.500. The molecule has 0 saturated heterocycles. The van der Waals surface area contributed by atoms with Crippen LogP contribution >= 0.6 is 0 Å². The molecular formula is C14H20O3. The average molecular weight is 236 g/mol. The van der Waals surface area contributed by atoms with Crippen LogP contribution in [0.5, 0.6) is 0 Å². The van der Waals surface area contributed by atoms with E-state index in [9.17, 15) is 9.90 Å². The van der Waals surface area contributed by atoms with Crippen LogP contribution in [0.15, 0.2) is 30.3 Å². The Morgan fingerprint density at radius 1 is 1.35 bits per heavy atom. The topological polar surface area (TPSA) is 46.5 Å². The van der Waals surface area contributed by atoms with Gasteiger partial charge in [-0.25, -0.2) is 0 Å². The number of aryl methyl sites for hydroxylation is 1. The Labute approximate surface area is 102 Å². The molecule has 1 rings (SSSR count). The smallest absolute Gasteiger partial charge is 0.311 e. The molecule has 0 aliphatic heterocycles. The molecule has 2 atom stereocenters. The monoisotopic (exact) mass is 236 g/mol. The molecule has 3 nitrogen and oxygen atoms in total. The Balaban J connectivity index is 2.39. The summed E-state index contributed by atoms with van der Waals surface area (Å²) in [5.41, 5.74) is 1.17. The number of aliphatic hydroxyl groups excluding tert-OH is 1. The largest absolute Gasteiger partial charge is 0.466 e. The highest BCUT2D eigenvalue weighted by Crippen LogP contribution is 2.13. The predicted molar refractivity (Wildman–Crippen MR) is 66.6 cm³/mol. The molecule has 1 N–H and O–H groups in total. The zero-order valence-electron chi connectivity index (χ0n) is 10.4. The van der Waals surface area contributed by atoms with Crippen LogP contribution in [0.25, 0.3) is 0 Å². The first-order valence-electron chi connectivity index (χ1n) is 6.03. The van der Waals surface area contributed by atoms with Gasteiger partial charge in [0.15, 0.2) is 0 Å². The van der Waals surface area contributed by atoms with E-state index in [-0.39, 0.29) is 5.97 Å². The maximum atomic E-state index is 11.4. The van der Waals surface area contributed by atoms with Gasteiger partial charge in [0, 0.05) is 0 Å². The van der Waals surface area contributed by atoms with E-state index in [1.54, 1.807) is 13.8 Å². The van der Waals surface area contributed by atoms with Gasteiger partial charge in [-0.1, -0.05) is 30.3 Å². The number of esters is 1. The number of ether oxygens (including phenoxy) is 1. The van der Waals surface area contributed by atoms with Crippen molar-refractivity contribution >= 4 is 5.97 Å². The number of aliphatic hydroxyl groups is 1. The first-order chi connectivity index (χ1) is 8.15. The van der Waals surface area contributed by atoms with E-state index in [4.69, 9.17) is 4.74 Å². The Hall–Kier alpha value is -1.35. The third-order valence-corrected chi connectivity index (χ3v) is 2.81. The zero-order chi connectivity index (χ0) is 12.7. The molecule has 0 aliphatic carbocycles. The second kappa shape index (κ2) is 7.07. The molecule has 17 heavy (non-hydrogen) atoms. The van der Waals surface area contributed by atoms with E-state index in [0.29, 0.717) is 13.0 Å². The fourth-order valence-corrected chi connectivity index (χ4v) is 1.64. The minimum atomic E-state index is -0.644. The van der Waals surface area contributed by atoms with Crippen molar-refractivity contribution in [1.29, 1.82) is 0 Å². The summed E-state index contributed by atoms with van der Waals surface area (Å²) in [6, 6.07) is 9.93. The van der Waals surface area contributed by atoms with E-state index in [1.807, 2.05) is 30.3 Å². The highest BCUT2D eigenvalue weighted by Gasteiger charge is 2.22. The first-order valence-corrected chi connectivity index (χ1v) is 6.03. The fourth-order valence-electron chi connectivity index (χ4n) is 1.64. The molecule has 0 bridgehead atoms. The summed E-state index contributed by atoms with van der Waals surface area (Å²) in [5.74, 6) is -0.785. The molecule has 0 aromatic heterocycles. The molecule has 1 aromatic rings. The lowest BCUT2D eigenvalue weighted by molar-refractivity contribution is -0.151. The van der Waals surface area contributed by atoms with Gasteiger partial charge in [0.05, 0.1) is 18.6 Å². The van der Waals surface area contributed by atoms with Gasteiger partial charge in [0.2, 0.25) is 0 Å². The molecule has 0 heterocycles. The van der Waals surface area contributed by atoms with Gasteiger partial charge in [0.1, 0.15) is 0 Å². The van der Waals surface area contributed by atoms with Crippen LogP contribution in [-0.2, 0) is 16.0 Å². The van der Waals surface area contributed by atoms with E-state index >= 15 is 0 Å². The van der Waals surface area contributed by atoms with Crippen molar-refractivity contribution in [3.63, 3.8) is 0 Å². The lowest BCUT2D eigenvalue weighted by Gasteiger charge is -2.17. The van der Waals surface area contributed by atoms with Crippen LogP contribution in [0.2, 0.25) is 0 Å². The van der Waals surface area contributed by atoms with Crippen molar-refractivity contribution in [3.8, 4) is 0 Å². The highest BCUT2D eigenvalue weighted by atomic mass is 16.5. The quantitative estimate of drug-likeness (QED) is 0.770. The van der Waals surface area contributed by atoms with Crippen LogP contribution in [0.3, 0.4) is 0 Å². The number of carbonyl (C=O) groups is 1. The predicted octanol–water partition coefficient (Wildman–Crippen LogP) is 2.18. The molecule has 3 heteroatoms. The van der Waals surface area contributed by atoms with Crippen molar-refractivity contribution in [2.24, 2.45) is 5.92 Å². The lowest BCUT2D eigenvalue weighted by Crippen LogP contribution is -2.27. The van der Waals surface area contributed by atoms with Crippen LogP contribution in [0.4, 0.5) is 0 Å². The van der Waals surface area contributed by atoms with Gasteiger partial charge < -0.3 is 9.84 Å². The summed E-state index contributed by atoms with van der Waals surface area (Å²) in [7, 11) is 0. The Morgan fingerprint density at radius 2 is 2.00 bits per heavy atom. The number of rotatable bonds is 6. The molecule has 0 fully saturated rings. The minimum Gasteiger partial charge on any atom is -0.466 e. The minimum absolute atomic E-state index is 0.326. The van der Waals surface area contributed by atoms with Crippen LogP contribution in [0.1, 0.15) is 25.8 Å². The molecule has 0 amide bonds. The third kappa shape index (κ3) is 4.57. The molecule has 0 saturated carbocycles. The number of hydrogen-bond acceptors (Lipinski definition) is 3. The first kappa shape index (κ1) is 13.7. The highest BCUT2D eigenvalue weighted by molar-refractivity contribution is 5.72. The summed E-state index contributed by atoms with van der Waals surface area (Å²) < 4.78 is 4.88. The molecule has 0 aliphatic rings. The van der Waals surface area contributed by atoms with Gasteiger partial charge in [0.25, 0.3) is 0 Å². The van der Waals surface area contributed by atoms with Crippen molar-refractivity contribution < 1.29 is 14.6 Å². The Bertz CT molecular complexity index is 335. The summed E-state index contributed by atoms with van der Waals surface area (Å²) >= 11 is 0. The molecule has 0 radical (unpaired) electrons. The van der Waals surface area contributed by atoms with Gasteiger partial charge in [-0.05, 0) is 32.3 Å². The maximum Gasteiger partial charge on any atom is 0.311 e.